The Kier molecular flexibility index (Phi) is 4.08. The zero-order chi connectivity index (χ0) is 16.5. The molecule has 24 heavy (non-hydrogen) atoms. The van der Waals surface area contributed by atoms with E-state index < -0.39 is 0 Å². The Hall–Kier alpha value is -2.18. The molecule has 3 atom stereocenters. The predicted molar refractivity (Wildman–Crippen MR) is 92.9 cm³/mol. The fourth-order valence-electron chi connectivity index (χ4n) is 3.45. The lowest BCUT2D eigenvalue weighted by atomic mass is 10.1. The zero-order valence-corrected chi connectivity index (χ0v) is 13.8. The first-order valence-corrected chi connectivity index (χ1v) is 8.38. The molecule has 0 spiro atoms. The molecule has 0 radical (unpaired) electrons. The van der Waals surface area contributed by atoms with E-state index in [2.05, 4.69) is 20.4 Å². The van der Waals surface area contributed by atoms with Crippen molar-refractivity contribution >= 4 is 28.2 Å². The quantitative estimate of drug-likeness (QED) is 0.761. The number of anilines is 1. The van der Waals surface area contributed by atoms with Gasteiger partial charge in [0.2, 0.25) is 0 Å². The average Bonchev–Trinajstić information content (AvgIpc) is 3.14. The van der Waals surface area contributed by atoms with E-state index in [0.717, 1.165) is 36.0 Å². The second-order valence-corrected chi connectivity index (χ2v) is 6.72. The number of hydrogen-bond donors (Lipinski definition) is 2. The first kappa shape index (κ1) is 15.4. The van der Waals surface area contributed by atoms with Crippen LogP contribution in [0, 0.1) is 5.92 Å². The van der Waals surface area contributed by atoms with Crippen LogP contribution in [0.15, 0.2) is 43.1 Å². The molecule has 1 fully saturated rings. The van der Waals surface area contributed by atoms with Gasteiger partial charge in [-0.25, -0.2) is 0 Å². The van der Waals surface area contributed by atoms with Gasteiger partial charge in [0.25, 0.3) is 0 Å². The topological polar surface area (TPSA) is 75.9 Å². The van der Waals surface area contributed by atoms with Gasteiger partial charge in [0, 0.05) is 36.2 Å². The Labute approximate surface area is 144 Å². The highest BCUT2D eigenvalue weighted by atomic mass is 35.5. The Morgan fingerprint density at radius 3 is 3.00 bits per heavy atom. The number of aromatic nitrogens is 4. The van der Waals surface area contributed by atoms with E-state index in [1.807, 2.05) is 23.0 Å². The molecule has 7 heteroatoms. The first-order valence-electron chi connectivity index (χ1n) is 8.00. The smallest absolute Gasteiger partial charge is 0.0905 e. The number of pyridine rings is 2. The third-order valence-electron chi connectivity index (χ3n) is 4.56. The van der Waals surface area contributed by atoms with E-state index in [-0.39, 0.29) is 12.1 Å². The Morgan fingerprint density at radius 2 is 2.17 bits per heavy atom. The standard InChI is InChI=1S/C17H18ClN5O/c18-12-7-21-23(10-12)9-11-5-15(17(24)6-11)22-14-2-4-20-16-8-19-3-1-13(14)16/h1-4,7-8,10-11,15,17,24H,5-6,9H2,(H,20,22)/t11?,15-,17-/m1/s1. The Bertz CT molecular complexity index is 846. The molecule has 1 unspecified atom stereocenters. The highest BCUT2D eigenvalue weighted by molar-refractivity contribution is 6.30. The van der Waals surface area contributed by atoms with Gasteiger partial charge in [-0.2, -0.15) is 5.10 Å². The largest absolute Gasteiger partial charge is 0.391 e. The van der Waals surface area contributed by atoms with Crippen LogP contribution in [0.1, 0.15) is 12.8 Å². The lowest BCUT2D eigenvalue weighted by Crippen LogP contribution is -2.28. The first-order chi connectivity index (χ1) is 11.7. The average molecular weight is 344 g/mol. The lowest BCUT2D eigenvalue weighted by Gasteiger charge is -2.19. The van der Waals surface area contributed by atoms with E-state index in [1.54, 1.807) is 24.8 Å². The molecule has 1 aliphatic carbocycles. The number of halogens is 1. The van der Waals surface area contributed by atoms with Crippen LogP contribution in [-0.2, 0) is 6.54 Å². The summed E-state index contributed by atoms with van der Waals surface area (Å²) in [6.45, 7) is 0.767. The molecule has 4 rings (SSSR count). The molecule has 3 heterocycles. The van der Waals surface area contributed by atoms with Crippen molar-refractivity contribution in [2.24, 2.45) is 5.92 Å². The van der Waals surface area contributed by atoms with Crippen molar-refractivity contribution in [2.45, 2.75) is 31.5 Å². The van der Waals surface area contributed by atoms with Gasteiger partial charge in [-0.15, -0.1) is 0 Å². The Balaban J connectivity index is 1.48. The molecule has 124 valence electrons. The molecule has 0 bridgehead atoms. The molecule has 0 aliphatic heterocycles. The summed E-state index contributed by atoms with van der Waals surface area (Å²) in [5.74, 6) is 0.364. The van der Waals surface area contributed by atoms with E-state index in [0.29, 0.717) is 10.9 Å². The summed E-state index contributed by atoms with van der Waals surface area (Å²) in [6.07, 6.45) is 9.97. The van der Waals surface area contributed by atoms with E-state index in [9.17, 15) is 5.11 Å². The number of nitrogens with one attached hydrogen (secondary N) is 1. The molecule has 1 aliphatic rings. The zero-order valence-electron chi connectivity index (χ0n) is 13.0. The lowest BCUT2D eigenvalue weighted by molar-refractivity contribution is 0.166. The summed E-state index contributed by atoms with van der Waals surface area (Å²) in [5.41, 5.74) is 1.83. The summed E-state index contributed by atoms with van der Waals surface area (Å²) < 4.78 is 1.84. The van der Waals surface area contributed by atoms with Gasteiger partial charge in [-0.3, -0.25) is 14.6 Å². The van der Waals surface area contributed by atoms with Crippen LogP contribution in [-0.4, -0.2) is 37.0 Å². The second kappa shape index (κ2) is 6.37. The molecular weight excluding hydrogens is 326 g/mol. The molecule has 3 aromatic heterocycles. The van der Waals surface area contributed by atoms with Crippen molar-refractivity contribution in [3.8, 4) is 0 Å². The van der Waals surface area contributed by atoms with Crippen molar-refractivity contribution in [2.75, 3.05) is 5.32 Å². The fourth-order valence-corrected chi connectivity index (χ4v) is 3.61. The minimum absolute atomic E-state index is 0.0137. The molecule has 1 saturated carbocycles. The number of rotatable bonds is 4. The van der Waals surface area contributed by atoms with E-state index in [1.165, 1.54) is 0 Å². The van der Waals surface area contributed by atoms with E-state index in [4.69, 9.17) is 11.6 Å². The third-order valence-corrected chi connectivity index (χ3v) is 4.75. The van der Waals surface area contributed by atoms with Gasteiger partial charge in [0.1, 0.15) is 0 Å². The predicted octanol–water partition coefficient (Wildman–Crippen LogP) is 2.73. The van der Waals surface area contributed by atoms with Crippen LogP contribution >= 0.6 is 11.6 Å². The normalized spacial score (nSPS) is 23.7. The van der Waals surface area contributed by atoms with Crippen LogP contribution in [0.2, 0.25) is 5.02 Å². The van der Waals surface area contributed by atoms with Crippen LogP contribution in [0.25, 0.3) is 10.9 Å². The minimum atomic E-state index is -0.383. The van der Waals surface area contributed by atoms with Crippen molar-refractivity contribution < 1.29 is 5.11 Å². The monoisotopic (exact) mass is 343 g/mol. The third kappa shape index (κ3) is 3.07. The highest BCUT2D eigenvalue weighted by Crippen LogP contribution is 2.31. The summed E-state index contributed by atoms with van der Waals surface area (Å²) in [4.78, 5) is 8.42. The van der Waals surface area contributed by atoms with Crippen LogP contribution in [0.4, 0.5) is 5.69 Å². The maximum atomic E-state index is 10.4. The molecule has 2 N–H and O–H groups in total. The maximum absolute atomic E-state index is 10.4. The summed E-state index contributed by atoms with van der Waals surface area (Å²) in [5, 5.41) is 19.8. The number of hydrogen-bond acceptors (Lipinski definition) is 5. The molecule has 0 amide bonds. The molecule has 0 aromatic carbocycles. The Morgan fingerprint density at radius 1 is 1.25 bits per heavy atom. The minimum Gasteiger partial charge on any atom is -0.391 e. The van der Waals surface area contributed by atoms with Gasteiger partial charge >= 0.3 is 0 Å². The number of aliphatic hydroxyl groups excluding tert-OH is 1. The van der Waals surface area contributed by atoms with Gasteiger partial charge in [0.05, 0.1) is 35.1 Å². The second-order valence-electron chi connectivity index (χ2n) is 6.29. The van der Waals surface area contributed by atoms with Gasteiger partial charge < -0.3 is 10.4 Å². The molecular formula is C17H18ClN5O. The number of nitrogens with zero attached hydrogens (tertiary/aromatic N) is 4. The van der Waals surface area contributed by atoms with Gasteiger partial charge in [0.15, 0.2) is 0 Å². The number of aliphatic hydroxyl groups is 1. The number of fused-ring (bicyclic) bond motifs is 1. The van der Waals surface area contributed by atoms with Crippen LogP contribution in [0.3, 0.4) is 0 Å². The summed E-state index contributed by atoms with van der Waals surface area (Å²) in [7, 11) is 0. The van der Waals surface area contributed by atoms with E-state index >= 15 is 0 Å². The molecule has 6 nitrogen and oxygen atoms in total. The van der Waals surface area contributed by atoms with Gasteiger partial charge in [-0.1, -0.05) is 11.6 Å². The van der Waals surface area contributed by atoms with Crippen LogP contribution in [0.5, 0.6) is 0 Å². The van der Waals surface area contributed by atoms with Crippen molar-refractivity contribution in [3.05, 3.63) is 48.1 Å². The van der Waals surface area contributed by atoms with Crippen molar-refractivity contribution in [3.63, 3.8) is 0 Å². The molecule has 0 saturated heterocycles. The summed E-state index contributed by atoms with van der Waals surface area (Å²) >= 11 is 5.91. The highest BCUT2D eigenvalue weighted by Gasteiger charge is 2.33. The van der Waals surface area contributed by atoms with Crippen molar-refractivity contribution in [1.82, 2.24) is 19.7 Å². The SMILES string of the molecule is O[C@@H]1CC(Cn2cc(Cl)cn2)C[C@H]1Nc1ccnc2cnccc12. The van der Waals surface area contributed by atoms with Crippen molar-refractivity contribution in [1.29, 1.82) is 0 Å². The van der Waals surface area contributed by atoms with Crippen LogP contribution < -0.4 is 5.32 Å². The summed E-state index contributed by atoms with van der Waals surface area (Å²) in [6, 6.07) is 3.89. The van der Waals surface area contributed by atoms with Gasteiger partial charge in [-0.05, 0) is 30.9 Å². The molecule has 3 aromatic rings. The maximum Gasteiger partial charge on any atom is 0.0905 e. The fraction of sp³-hybridized carbons (Fsp3) is 0.353.